The molecule has 1 aromatic rings. The van der Waals surface area contributed by atoms with E-state index in [4.69, 9.17) is 0 Å². The lowest BCUT2D eigenvalue weighted by molar-refractivity contribution is 0.506. The Morgan fingerprint density at radius 3 is 2.68 bits per heavy atom. The normalized spacial score (nSPS) is 19.0. The standard InChI is InChI=1S/C16H25N3/c1-11-6-7-14(12(2)8-11)16(4,5)10-18-15-17-9-13(3)19-15/h6-8,13H,9-10H2,1-5H3,(H2,17,18,19). The number of benzene rings is 1. The minimum absolute atomic E-state index is 0.0911. The molecule has 0 aromatic heterocycles. The zero-order valence-corrected chi connectivity index (χ0v) is 12.7. The number of aliphatic imine (C=N–C) groups is 1. The Morgan fingerprint density at radius 2 is 2.11 bits per heavy atom. The average molecular weight is 259 g/mol. The molecule has 1 unspecified atom stereocenters. The van der Waals surface area contributed by atoms with Crippen LogP contribution in [0.4, 0.5) is 0 Å². The summed E-state index contributed by atoms with van der Waals surface area (Å²) in [4.78, 5) is 4.44. The average Bonchev–Trinajstić information content (AvgIpc) is 2.72. The van der Waals surface area contributed by atoms with E-state index >= 15 is 0 Å². The second-order valence-electron chi connectivity index (χ2n) is 6.29. The van der Waals surface area contributed by atoms with Gasteiger partial charge in [0.15, 0.2) is 5.96 Å². The summed E-state index contributed by atoms with van der Waals surface area (Å²) < 4.78 is 0. The SMILES string of the molecule is Cc1ccc(C(C)(C)CNC2=NCC(C)N2)c(C)c1. The molecule has 0 fully saturated rings. The predicted octanol–water partition coefficient (Wildman–Crippen LogP) is 2.52. The summed E-state index contributed by atoms with van der Waals surface area (Å²) in [5.41, 5.74) is 4.17. The lowest BCUT2D eigenvalue weighted by Gasteiger charge is -2.28. The first-order chi connectivity index (χ1) is 8.88. The van der Waals surface area contributed by atoms with Crippen molar-refractivity contribution in [1.82, 2.24) is 10.6 Å². The topological polar surface area (TPSA) is 36.4 Å². The second-order valence-corrected chi connectivity index (χ2v) is 6.29. The van der Waals surface area contributed by atoms with E-state index in [1.807, 2.05) is 0 Å². The Kier molecular flexibility index (Phi) is 3.83. The Balaban J connectivity index is 2.05. The van der Waals surface area contributed by atoms with Gasteiger partial charge in [0.1, 0.15) is 0 Å². The van der Waals surface area contributed by atoms with E-state index in [9.17, 15) is 0 Å². The highest BCUT2D eigenvalue weighted by Crippen LogP contribution is 2.26. The number of hydrogen-bond donors (Lipinski definition) is 2. The van der Waals surface area contributed by atoms with Crippen molar-refractivity contribution < 1.29 is 0 Å². The van der Waals surface area contributed by atoms with Gasteiger partial charge >= 0.3 is 0 Å². The molecule has 0 spiro atoms. The van der Waals surface area contributed by atoms with E-state index in [0.29, 0.717) is 6.04 Å². The van der Waals surface area contributed by atoms with Crippen molar-refractivity contribution in [3.63, 3.8) is 0 Å². The van der Waals surface area contributed by atoms with Gasteiger partial charge in [-0.25, -0.2) is 0 Å². The van der Waals surface area contributed by atoms with Crippen LogP contribution in [0.2, 0.25) is 0 Å². The molecule has 0 bridgehead atoms. The number of guanidine groups is 1. The van der Waals surface area contributed by atoms with Gasteiger partial charge in [0.2, 0.25) is 0 Å². The van der Waals surface area contributed by atoms with E-state index in [2.05, 4.69) is 68.4 Å². The molecule has 2 N–H and O–H groups in total. The number of rotatable bonds is 3. The minimum atomic E-state index is 0.0911. The fraction of sp³-hybridized carbons (Fsp3) is 0.562. The third-order valence-corrected chi connectivity index (χ3v) is 3.72. The molecular weight excluding hydrogens is 234 g/mol. The maximum Gasteiger partial charge on any atom is 0.191 e. The molecule has 0 amide bonds. The quantitative estimate of drug-likeness (QED) is 0.875. The molecule has 1 atom stereocenters. The van der Waals surface area contributed by atoms with Gasteiger partial charge in [-0.2, -0.15) is 0 Å². The minimum Gasteiger partial charge on any atom is -0.356 e. The second kappa shape index (κ2) is 5.24. The molecule has 19 heavy (non-hydrogen) atoms. The molecule has 3 heteroatoms. The molecule has 0 aliphatic carbocycles. The summed E-state index contributed by atoms with van der Waals surface area (Å²) in [6, 6.07) is 7.15. The van der Waals surface area contributed by atoms with Crippen LogP contribution in [-0.4, -0.2) is 25.1 Å². The van der Waals surface area contributed by atoms with E-state index in [1.54, 1.807) is 0 Å². The van der Waals surface area contributed by atoms with Crippen LogP contribution in [0.1, 0.15) is 37.5 Å². The van der Waals surface area contributed by atoms with E-state index in [0.717, 1.165) is 19.0 Å². The smallest absolute Gasteiger partial charge is 0.191 e. The van der Waals surface area contributed by atoms with Crippen LogP contribution < -0.4 is 10.6 Å². The summed E-state index contributed by atoms with van der Waals surface area (Å²) in [6.07, 6.45) is 0. The van der Waals surface area contributed by atoms with Crippen LogP contribution in [0, 0.1) is 13.8 Å². The molecule has 1 heterocycles. The van der Waals surface area contributed by atoms with E-state index in [1.165, 1.54) is 16.7 Å². The van der Waals surface area contributed by atoms with E-state index in [-0.39, 0.29) is 5.41 Å². The van der Waals surface area contributed by atoms with E-state index < -0.39 is 0 Å². The van der Waals surface area contributed by atoms with Crippen molar-refractivity contribution >= 4 is 5.96 Å². The Hall–Kier alpha value is -1.51. The van der Waals surface area contributed by atoms with Gasteiger partial charge in [0, 0.05) is 18.0 Å². The first-order valence-corrected chi connectivity index (χ1v) is 7.01. The number of nitrogens with zero attached hydrogens (tertiary/aromatic N) is 1. The Morgan fingerprint density at radius 1 is 1.37 bits per heavy atom. The largest absolute Gasteiger partial charge is 0.356 e. The van der Waals surface area contributed by atoms with Gasteiger partial charge in [0.25, 0.3) is 0 Å². The molecule has 0 radical (unpaired) electrons. The first-order valence-electron chi connectivity index (χ1n) is 7.01. The zero-order chi connectivity index (χ0) is 14.0. The summed E-state index contributed by atoms with van der Waals surface area (Å²) in [6.45, 7) is 12.8. The first kappa shape index (κ1) is 13.9. The Bertz CT molecular complexity index is 489. The van der Waals surface area contributed by atoms with Crippen molar-refractivity contribution in [2.75, 3.05) is 13.1 Å². The molecule has 1 aliphatic heterocycles. The van der Waals surface area contributed by atoms with Crippen LogP contribution in [0.25, 0.3) is 0 Å². The molecular formula is C16H25N3. The molecule has 1 aliphatic rings. The van der Waals surface area contributed by atoms with Gasteiger partial charge < -0.3 is 10.6 Å². The van der Waals surface area contributed by atoms with Crippen LogP contribution in [0.15, 0.2) is 23.2 Å². The van der Waals surface area contributed by atoms with Gasteiger partial charge in [-0.05, 0) is 31.9 Å². The molecule has 0 saturated carbocycles. The summed E-state index contributed by atoms with van der Waals surface area (Å²) in [5, 5.41) is 6.77. The maximum absolute atomic E-state index is 4.44. The number of hydrogen-bond acceptors (Lipinski definition) is 3. The summed E-state index contributed by atoms with van der Waals surface area (Å²) >= 11 is 0. The summed E-state index contributed by atoms with van der Waals surface area (Å²) in [7, 11) is 0. The Labute approximate surface area is 116 Å². The van der Waals surface area contributed by atoms with Gasteiger partial charge in [-0.3, -0.25) is 4.99 Å². The van der Waals surface area contributed by atoms with Crippen LogP contribution >= 0.6 is 0 Å². The van der Waals surface area contributed by atoms with Crippen molar-refractivity contribution in [2.24, 2.45) is 4.99 Å². The van der Waals surface area contributed by atoms with Gasteiger partial charge in [-0.1, -0.05) is 37.6 Å². The highest BCUT2D eigenvalue weighted by atomic mass is 15.2. The van der Waals surface area contributed by atoms with Crippen LogP contribution in [0.3, 0.4) is 0 Å². The highest BCUT2D eigenvalue weighted by molar-refractivity contribution is 5.81. The predicted molar refractivity (Wildman–Crippen MR) is 81.8 cm³/mol. The molecule has 3 nitrogen and oxygen atoms in total. The lowest BCUT2D eigenvalue weighted by Crippen LogP contribution is -2.43. The van der Waals surface area contributed by atoms with Crippen molar-refractivity contribution in [3.05, 3.63) is 34.9 Å². The van der Waals surface area contributed by atoms with Gasteiger partial charge in [0.05, 0.1) is 6.54 Å². The molecule has 104 valence electrons. The third-order valence-electron chi connectivity index (χ3n) is 3.72. The molecule has 0 saturated heterocycles. The van der Waals surface area contributed by atoms with Crippen LogP contribution in [0.5, 0.6) is 0 Å². The van der Waals surface area contributed by atoms with Crippen molar-refractivity contribution in [2.45, 2.75) is 46.1 Å². The number of nitrogens with one attached hydrogen (secondary N) is 2. The maximum atomic E-state index is 4.44. The fourth-order valence-electron chi connectivity index (χ4n) is 2.63. The third kappa shape index (κ3) is 3.28. The molecule has 1 aromatic carbocycles. The van der Waals surface area contributed by atoms with Gasteiger partial charge in [-0.15, -0.1) is 0 Å². The van der Waals surface area contributed by atoms with Crippen molar-refractivity contribution in [1.29, 1.82) is 0 Å². The lowest BCUT2D eigenvalue weighted by atomic mass is 9.81. The monoisotopic (exact) mass is 259 g/mol. The van der Waals surface area contributed by atoms with Crippen molar-refractivity contribution in [3.8, 4) is 0 Å². The summed E-state index contributed by atoms with van der Waals surface area (Å²) in [5.74, 6) is 0.935. The number of aryl methyl sites for hydroxylation is 2. The van der Waals surface area contributed by atoms with Crippen LogP contribution in [-0.2, 0) is 5.41 Å². The highest BCUT2D eigenvalue weighted by Gasteiger charge is 2.23. The zero-order valence-electron chi connectivity index (χ0n) is 12.7. The fourth-order valence-corrected chi connectivity index (χ4v) is 2.63. The molecule has 2 rings (SSSR count).